The lowest BCUT2D eigenvalue weighted by Crippen LogP contribution is -2.30. The molecule has 116 valence electrons. The number of para-hydroxylation sites is 1. The van der Waals surface area contributed by atoms with Gasteiger partial charge in [0.15, 0.2) is 0 Å². The lowest BCUT2D eigenvalue weighted by Gasteiger charge is -2.18. The Morgan fingerprint density at radius 1 is 1.13 bits per heavy atom. The number of aliphatic hydroxyl groups excluding tert-OH is 1. The molecule has 1 aromatic heterocycles. The highest BCUT2D eigenvalue weighted by atomic mass is 16.3. The molecule has 0 aliphatic heterocycles. The van der Waals surface area contributed by atoms with Crippen molar-refractivity contribution in [3.05, 3.63) is 81.6 Å². The Labute approximate surface area is 133 Å². The third-order valence-electron chi connectivity index (χ3n) is 4.55. The molecule has 0 bridgehead atoms. The number of benzene rings is 2. The van der Waals surface area contributed by atoms with Crippen LogP contribution in [0.15, 0.2) is 59.4 Å². The van der Waals surface area contributed by atoms with Crippen LogP contribution in [0.25, 0.3) is 10.9 Å². The van der Waals surface area contributed by atoms with Gasteiger partial charge in [0, 0.05) is 24.0 Å². The predicted octanol–water partition coefficient (Wildman–Crippen LogP) is 2.28. The first-order valence-corrected chi connectivity index (χ1v) is 7.82. The number of fused-ring (bicyclic) bond motifs is 2. The third kappa shape index (κ3) is 2.56. The summed E-state index contributed by atoms with van der Waals surface area (Å²) in [5, 5.41) is 14.6. The maximum atomic E-state index is 12.2. The summed E-state index contributed by atoms with van der Waals surface area (Å²) < 4.78 is 0. The van der Waals surface area contributed by atoms with Gasteiger partial charge in [0.2, 0.25) is 0 Å². The maximum Gasteiger partial charge on any atom is 0.252 e. The summed E-state index contributed by atoms with van der Waals surface area (Å²) in [4.78, 5) is 15.1. The molecule has 1 aliphatic rings. The van der Waals surface area contributed by atoms with Crippen LogP contribution in [0.4, 0.5) is 0 Å². The van der Waals surface area contributed by atoms with E-state index in [2.05, 4.69) is 10.3 Å². The first-order valence-electron chi connectivity index (χ1n) is 7.82. The van der Waals surface area contributed by atoms with Gasteiger partial charge in [-0.15, -0.1) is 0 Å². The molecule has 4 nitrogen and oxygen atoms in total. The number of pyridine rings is 1. The highest BCUT2D eigenvalue weighted by molar-refractivity contribution is 5.78. The fourth-order valence-electron chi connectivity index (χ4n) is 3.36. The number of rotatable bonds is 3. The van der Waals surface area contributed by atoms with Gasteiger partial charge in [0.05, 0.1) is 12.1 Å². The number of nitrogens with one attached hydrogen (secondary N) is 2. The van der Waals surface area contributed by atoms with Gasteiger partial charge in [-0.1, -0.05) is 42.5 Å². The van der Waals surface area contributed by atoms with Crippen molar-refractivity contribution < 1.29 is 5.11 Å². The largest absolute Gasteiger partial charge is 0.391 e. The molecule has 2 aromatic carbocycles. The number of hydrogen-bond acceptors (Lipinski definition) is 3. The van der Waals surface area contributed by atoms with Crippen molar-refractivity contribution in [3.63, 3.8) is 0 Å². The van der Waals surface area contributed by atoms with Gasteiger partial charge in [-0.3, -0.25) is 4.79 Å². The molecule has 0 spiro atoms. The van der Waals surface area contributed by atoms with Crippen LogP contribution in [-0.4, -0.2) is 16.2 Å². The summed E-state index contributed by atoms with van der Waals surface area (Å²) in [6.07, 6.45) is 0.203. The van der Waals surface area contributed by atoms with Crippen molar-refractivity contribution in [1.82, 2.24) is 10.3 Å². The smallest absolute Gasteiger partial charge is 0.252 e. The van der Waals surface area contributed by atoms with Gasteiger partial charge in [-0.2, -0.15) is 0 Å². The van der Waals surface area contributed by atoms with Crippen LogP contribution in [0.5, 0.6) is 0 Å². The number of H-pyrrole nitrogens is 1. The molecule has 3 aromatic rings. The molecule has 23 heavy (non-hydrogen) atoms. The maximum absolute atomic E-state index is 12.2. The van der Waals surface area contributed by atoms with Crippen LogP contribution >= 0.6 is 0 Å². The number of aliphatic hydroxyl groups is 1. The minimum absolute atomic E-state index is 0.0861. The summed E-state index contributed by atoms with van der Waals surface area (Å²) in [7, 11) is 0. The number of aromatic nitrogens is 1. The third-order valence-corrected chi connectivity index (χ3v) is 4.55. The van der Waals surface area contributed by atoms with E-state index in [4.69, 9.17) is 0 Å². The van der Waals surface area contributed by atoms with E-state index in [-0.39, 0.29) is 11.6 Å². The van der Waals surface area contributed by atoms with Crippen molar-refractivity contribution >= 4 is 10.9 Å². The summed E-state index contributed by atoms with van der Waals surface area (Å²) in [5.41, 5.74) is 3.73. The van der Waals surface area contributed by atoms with E-state index >= 15 is 0 Å². The Morgan fingerprint density at radius 3 is 2.83 bits per heavy atom. The Morgan fingerprint density at radius 2 is 1.91 bits per heavy atom. The molecule has 1 heterocycles. The first-order chi connectivity index (χ1) is 11.2. The lowest BCUT2D eigenvalue weighted by molar-refractivity contribution is 0.140. The Balaban J connectivity index is 1.60. The van der Waals surface area contributed by atoms with Crippen LogP contribution in [0, 0.1) is 0 Å². The normalized spacial score (nSPS) is 19.9. The molecule has 1 aliphatic carbocycles. The summed E-state index contributed by atoms with van der Waals surface area (Å²) in [6.45, 7) is 0.427. The van der Waals surface area contributed by atoms with Crippen molar-refractivity contribution in [3.8, 4) is 0 Å². The predicted molar refractivity (Wildman–Crippen MR) is 90.3 cm³/mol. The van der Waals surface area contributed by atoms with E-state index in [0.29, 0.717) is 18.5 Å². The van der Waals surface area contributed by atoms with Gasteiger partial charge in [-0.25, -0.2) is 0 Å². The second kappa shape index (κ2) is 5.65. The molecule has 0 amide bonds. The van der Waals surface area contributed by atoms with Crippen LogP contribution < -0.4 is 10.9 Å². The zero-order valence-electron chi connectivity index (χ0n) is 12.6. The van der Waals surface area contributed by atoms with E-state index < -0.39 is 6.10 Å². The second-order valence-electron chi connectivity index (χ2n) is 6.04. The molecule has 0 saturated heterocycles. The molecular weight excluding hydrogens is 288 g/mol. The van der Waals surface area contributed by atoms with Crippen molar-refractivity contribution in [2.75, 3.05) is 0 Å². The fraction of sp³-hybridized carbons (Fsp3) is 0.211. The van der Waals surface area contributed by atoms with Gasteiger partial charge in [-0.05, 0) is 28.6 Å². The van der Waals surface area contributed by atoms with Gasteiger partial charge >= 0.3 is 0 Å². The second-order valence-corrected chi connectivity index (χ2v) is 6.04. The molecule has 0 fully saturated rings. The van der Waals surface area contributed by atoms with E-state index in [9.17, 15) is 9.90 Å². The molecule has 0 saturated carbocycles. The average molecular weight is 306 g/mol. The highest BCUT2D eigenvalue weighted by Crippen LogP contribution is 2.31. The molecule has 2 atom stereocenters. The van der Waals surface area contributed by atoms with E-state index in [1.54, 1.807) is 0 Å². The minimum Gasteiger partial charge on any atom is -0.391 e. The summed E-state index contributed by atoms with van der Waals surface area (Å²) in [6, 6.07) is 17.6. The molecule has 0 unspecified atom stereocenters. The zero-order chi connectivity index (χ0) is 15.8. The fourth-order valence-corrected chi connectivity index (χ4v) is 3.36. The van der Waals surface area contributed by atoms with E-state index in [1.165, 1.54) is 5.56 Å². The summed E-state index contributed by atoms with van der Waals surface area (Å²) in [5.74, 6) is 0. The van der Waals surface area contributed by atoms with Crippen molar-refractivity contribution in [2.24, 2.45) is 0 Å². The lowest BCUT2D eigenvalue weighted by atomic mass is 10.1. The average Bonchev–Trinajstić information content (AvgIpc) is 2.88. The molecule has 4 heteroatoms. The topological polar surface area (TPSA) is 65.1 Å². The van der Waals surface area contributed by atoms with Crippen LogP contribution in [0.3, 0.4) is 0 Å². The molecule has 4 rings (SSSR count). The minimum atomic E-state index is -0.452. The molecule has 3 N–H and O–H groups in total. The SMILES string of the molecule is O=c1[nH]c2ccccc2cc1CN[C@@H]1c2ccccc2C[C@@H]1O. The highest BCUT2D eigenvalue weighted by Gasteiger charge is 2.30. The van der Waals surface area contributed by atoms with Crippen molar-refractivity contribution in [2.45, 2.75) is 25.1 Å². The van der Waals surface area contributed by atoms with Gasteiger partial charge in [0.1, 0.15) is 0 Å². The van der Waals surface area contributed by atoms with Gasteiger partial charge in [0.25, 0.3) is 5.56 Å². The number of hydrogen-bond donors (Lipinski definition) is 3. The van der Waals surface area contributed by atoms with Crippen LogP contribution in [-0.2, 0) is 13.0 Å². The van der Waals surface area contributed by atoms with Crippen LogP contribution in [0.2, 0.25) is 0 Å². The monoisotopic (exact) mass is 306 g/mol. The van der Waals surface area contributed by atoms with E-state index in [1.807, 2.05) is 54.6 Å². The quantitative estimate of drug-likeness (QED) is 0.695. The van der Waals surface area contributed by atoms with Crippen molar-refractivity contribution in [1.29, 1.82) is 0 Å². The Hall–Kier alpha value is -2.43. The Bertz CT molecular complexity index is 916. The van der Waals surface area contributed by atoms with Gasteiger partial charge < -0.3 is 15.4 Å². The number of aromatic amines is 1. The summed E-state index contributed by atoms with van der Waals surface area (Å²) >= 11 is 0. The molecular formula is C19H18N2O2. The molecule has 0 radical (unpaired) electrons. The van der Waals surface area contributed by atoms with Crippen LogP contribution in [0.1, 0.15) is 22.7 Å². The Kier molecular flexibility index (Phi) is 3.48. The van der Waals surface area contributed by atoms with E-state index in [0.717, 1.165) is 16.5 Å². The standard InChI is InChI=1S/C19H18N2O2/c22-17-10-12-5-1-3-7-15(12)18(17)20-11-14-9-13-6-2-4-8-16(13)21-19(14)23/h1-9,17-18,20,22H,10-11H2,(H,21,23)/t17-,18+/m0/s1. The first kappa shape index (κ1) is 14.2. The zero-order valence-corrected chi connectivity index (χ0v) is 12.6.